The highest BCUT2D eigenvalue weighted by atomic mass is 16.4. The second-order valence-corrected chi connectivity index (χ2v) is 6.06. The van der Waals surface area contributed by atoms with E-state index in [1.807, 2.05) is 37.3 Å². The first-order chi connectivity index (χ1) is 11.5. The van der Waals surface area contributed by atoms with Crippen molar-refractivity contribution in [2.24, 2.45) is 0 Å². The number of aliphatic carboxylic acids is 1. The molecular weight excluding hydrogens is 308 g/mol. The Kier molecular flexibility index (Phi) is 6.35. The third-order valence-corrected chi connectivity index (χ3v) is 4.19. The van der Waals surface area contributed by atoms with Crippen molar-refractivity contribution in [3.63, 3.8) is 0 Å². The van der Waals surface area contributed by atoms with E-state index >= 15 is 0 Å². The van der Waals surface area contributed by atoms with E-state index in [2.05, 4.69) is 0 Å². The van der Waals surface area contributed by atoms with Crippen LogP contribution in [-0.4, -0.2) is 58.4 Å². The minimum atomic E-state index is -1.03. The number of rotatable bonds is 7. The normalized spacial score (nSPS) is 16.9. The van der Waals surface area contributed by atoms with Crippen LogP contribution in [0.15, 0.2) is 30.3 Å². The van der Waals surface area contributed by atoms with E-state index in [1.54, 1.807) is 4.90 Å². The van der Waals surface area contributed by atoms with Crippen LogP contribution in [0.5, 0.6) is 0 Å². The predicted octanol–water partition coefficient (Wildman–Crippen LogP) is 1.54. The molecule has 6 nitrogen and oxygen atoms in total. The van der Waals surface area contributed by atoms with Crippen LogP contribution in [0.2, 0.25) is 0 Å². The van der Waals surface area contributed by atoms with Gasteiger partial charge < -0.3 is 14.9 Å². The van der Waals surface area contributed by atoms with E-state index in [1.165, 1.54) is 4.90 Å². The molecule has 1 aromatic carbocycles. The molecule has 0 aromatic heterocycles. The summed E-state index contributed by atoms with van der Waals surface area (Å²) in [7, 11) is 0. The second kappa shape index (κ2) is 8.47. The average molecular weight is 332 g/mol. The van der Waals surface area contributed by atoms with Crippen molar-refractivity contribution >= 4 is 17.8 Å². The van der Waals surface area contributed by atoms with Gasteiger partial charge in [0, 0.05) is 13.1 Å². The Labute approximate surface area is 142 Å². The van der Waals surface area contributed by atoms with Crippen molar-refractivity contribution in [1.29, 1.82) is 0 Å². The van der Waals surface area contributed by atoms with Gasteiger partial charge in [-0.3, -0.25) is 14.4 Å². The van der Waals surface area contributed by atoms with E-state index < -0.39 is 12.0 Å². The molecule has 0 saturated carbocycles. The summed E-state index contributed by atoms with van der Waals surface area (Å²) in [6, 6.07) is 8.89. The lowest BCUT2D eigenvalue weighted by Crippen LogP contribution is -2.49. The topological polar surface area (TPSA) is 77.9 Å². The average Bonchev–Trinajstić information content (AvgIpc) is 3.04. The number of carboxylic acids is 1. The highest BCUT2D eigenvalue weighted by molar-refractivity contribution is 5.90. The van der Waals surface area contributed by atoms with Crippen LogP contribution in [0.3, 0.4) is 0 Å². The molecule has 1 saturated heterocycles. The number of carboxylic acid groups (broad SMARTS) is 1. The van der Waals surface area contributed by atoms with E-state index in [0.29, 0.717) is 25.9 Å². The first kappa shape index (κ1) is 18.0. The first-order valence-corrected chi connectivity index (χ1v) is 8.37. The molecule has 1 N–H and O–H groups in total. The van der Waals surface area contributed by atoms with Crippen molar-refractivity contribution in [3.05, 3.63) is 35.9 Å². The molecule has 6 heteroatoms. The number of benzene rings is 1. The first-order valence-electron chi connectivity index (χ1n) is 8.37. The van der Waals surface area contributed by atoms with E-state index in [-0.39, 0.29) is 24.8 Å². The molecule has 1 aliphatic heterocycles. The van der Waals surface area contributed by atoms with Gasteiger partial charge in [-0.05, 0) is 24.8 Å². The maximum absolute atomic E-state index is 12.7. The highest BCUT2D eigenvalue weighted by Gasteiger charge is 2.36. The molecule has 0 radical (unpaired) electrons. The van der Waals surface area contributed by atoms with E-state index in [0.717, 1.165) is 12.0 Å². The summed E-state index contributed by atoms with van der Waals surface area (Å²) in [4.78, 5) is 39.2. The molecule has 24 heavy (non-hydrogen) atoms. The lowest BCUT2D eigenvalue weighted by molar-refractivity contribution is -0.148. The van der Waals surface area contributed by atoms with Gasteiger partial charge in [-0.1, -0.05) is 37.3 Å². The molecule has 1 aromatic rings. The van der Waals surface area contributed by atoms with Crippen LogP contribution >= 0.6 is 0 Å². The van der Waals surface area contributed by atoms with E-state index in [9.17, 15) is 14.4 Å². The third kappa shape index (κ3) is 4.57. The van der Waals surface area contributed by atoms with Crippen LogP contribution in [0.1, 0.15) is 31.7 Å². The van der Waals surface area contributed by atoms with Gasteiger partial charge in [-0.25, -0.2) is 0 Å². The van der Waals surface area contributed by atoms with Crippen molar-refractivity contribution in [3.8, 4) is 0 Å². The Morgan fingerprint density at radius 1 is 1.25 bits per heavy atom. The molecule has 1 aliphatic rings. The van der Waals surface area contributed by atoms with Gasteiger partial charge in [0.25, 0.3) is 0 Å². The molecule has 130 valence electrons. The zero-order valence-corrected chi connectivity index (χ0v) is 14.0. The van der Waals surface area contributed by atoms with Gasteiger partial charge in [-0.2, -0.15) is 0 Å². The lowest BCUT2D eigenvalue weighted by atomic mass is 10.1. The molecule has 1 unspecified atom stereocenters. The third-order valence-electron chi connectivity index (χ3n) is 4.19. The van der Waals surface area contributed by atoms with Gasteiger partial charge in [0.1, 0.15) is 12.6 Å². The molecular formula is C18H24N2O4. The SMILES string of the molecule is CCCN(CC(=O)O)C(=O)C1CCCN1C(=O)Cc1ccccc1. The maximum atomic E-state index is 12.7. The summed E-state index contributed by atoms with van der Waals surface area (Å²) in [5, 5.41) is 9.00. The van der Waals surface area contributed by atoms with Gasteiger partial charge in [0.2, 0.25) is 11.8 Å². The summed E-state index contributed by atoms with van der Waals surface area (Å²) in [5.74, 6) is -1.36. The molecule has 0 aliphatic carbocycles. The Morgan fingerprint density at radius 3 is 2.58 bits per heavy atom. The monoisotopic (exact) mass is 332 g/mol. The fourth-order valence-corrected chi connectivity index (χ4v) is 3.11. The van der Waals surface area contributed by atoms with Crippen LogP contribution < -0.4 is 0 Å². The largest absolute Gasteiger partial charge is 0.480 e. The smallest absolute Gasteiger partial charge is 0.323 e. The summed E-state index contributed by atoms with van der Waals surface area (Å²) < 4.78 is 0. The fraction of sp³-hybridized carbons (Fsp3) is 0.500. The molecule has 2 rings (SSSR count). The van der Waals surface area contributed by atoms with Gasteiger partial charge in [0.05, 0.1) is 6.42 Å². The van der Waals surface area contributed by atoms with Crippen molar-refractivity contribution in [1.82, 2.24) is 9.80 Å². The quantitative estimate of drug-likeness (QED) is 0.822. The number of likely N-dealkylation sites (tertiary alicyclic amines) is 1. The summed E-state index contributed by atoms with van der Waals surface area (Å²) in [6.45, 7) is 2.52. The van der Waals surface area contributed by atoms with Crippen molar-refractivity contribution < 1.29 is 19.5 Å². The number of hydrogen-bond donors (Lipinski definition) is 1. The molecule has 1 heterocycles. The Hall–Kier alpha value is -2.37. The number of carbonyl (C=O) groups is 3. The zero-order valence-electron chi connectivity index (χ0n) is 14.0. The van der Waals surface area contributed by atoms with Crippen molar-refractivity contribution in [2.75, 3.05) is 19.6 Å². The molecule has 0 bridgehead atoms. The van der Waals surface area contributed by atoms with Crippen molar-refractivity contribution in [2.45, 2.75) is 38.6 Å². The van der Waals surface area contributed by atoms with Gasteiger partial charge in [0.15, 0.2) is 0 Å². The fourth-order valence-electron chi connectivity index (χ4n) is 3.11. The van der Waals surface area contributed by atoms with Gasteiger partial charge in [-0.15, -0.1) is 0 Å². The number of hydrogen-bond acceptors (Lipinski definition) is 3. The minimum Gasteiger partial charge on any atom is -0.480 e. The summed E-state index contributed by atoms with van der Waals surface area (Å²) in [6.07, 6.45) is 2.31. The predicted molar refractivity (Wildman–Crippen MR) is 89.4 cm³/mol. The summed E-state index contributed by atoms with van der Waals surface area (Å²) in [5.41, 5.74) is 0.913. The number of amides is 2. The molecule has 1 atom stereocenters. The Balaban J connectivity index is 2.06. The zero-order chi connectivity index (χ0) is 17.5. The second-order valence-electron chi connectivity index (χ2n) is 6.06. The maximum Gasteiger partial charge on any atom is 0.323 e. The number of nitrogens with zero attached hydrogens (tertiary/aromatic N) is 2. The Morgan fingerprint density at radius 2 is 1.96 bits per heavy atom. The highest BCUT2D eigenvalue weighted by Crippen LogP contribution is 2.21. The Bertz CT molecular complexity index is 588. The van der Waals surface area contributed by atoms with Crippen LogP contribution in [0, 0.1) is 0 Å². The molecule has 2 amide bonds. The van der Waals surface area contributed by atoms with Crippen LogP contribution in [0.4, 0.5) is 0 Å². The lowest BCUT2D eigenvalue weighted by Gasteiger charge is -2.29. The number of carbonyl (C=O) groups excluding carboxylic acids is 2. The minimum absolute atomic E-state index is 0.0798. The van der Waals surface area contributed by atoms with Crippen LogP contribution in [-0.2, 0) is 20.8 Å². The summed E-state index contributed by atoms with van der Waals surface area (Å²) >= 11 is 0. The van der Waals surface area contributed by atoms with Gasteiger partial charge >= 0.3 is 5.97 Å². The standard InChI is InChI=1S/C18H24N2O4/c1-2-10-19(13-17(22)23)18(24)15-9-6-11-20(15)16(21)12-14-7-4-3-5-8-14/h3-5,7-8,15H,2,6,9-13H2,1H3,(H,22,23). The molecule has 1 fully saturated rings. The molecule has 0 spiro atoms. The van der Waals surface area contributed by atoms with Crippen LogP contribution in [0.25, 0.3) is 0 Å². The van der Waals surface area contributed by atoms with E-state index in [4.69, 9.17) is 5.11 Å².